The number of carboxylic acid groups (broad SMARTS) is 2. The number of benzene rings is 1. The van der Waals surface area contributed by atoms with Crippen molar-refractivity contribution in [2.75, 3.05) is 0 Å². The number of hydrogen-bond acceptors (Lipinski definition) is 4. The number of H-pyrrole nitrogens is 1. The van der Waals surface area contributed by atoms with Crippen LogP contribution in [0.5, 0.6) is 0 Å². The molecule has 2 rings (SSSR count). The third-order valence-electron chi connectivity index (χ3n) is 2.68. The summed E-state index contributed by atoms with van der Waals surface area (Å²) in [6.45, 7) is 0. The molecule has 1 amide bonds. The standard InChI is InChI=1S/C12H11N3O5/c16-10(17)4-9(12(19)20)14-11(18)6-1-2-8-7(3-6)5-13-15-8/h1-3,5,9H,4H2,(H,13,15)(H,14,18)(H,16,17)(H,19,20)/t9-/m0/s1. The van der Waals surface area contributed by atoms with Crippen molar-refractivity contribution in [2.24, 2.45) is 0 Å². The smallest absolute Gasteiger partial charge is 0.326 e. The third kappa shape index (κ3) is 2.91. The summed E-state index contributed by atoms with van der Waals surface area (Å²) in [6.07, 6.45) is 0.840. The van der Waals surface area contributed by atoms with Crippen LogP contribution in [0.1, 0.15) is 16.8 Å². The van der Waals surface area contributed by atoms with Crippen LogP contribution in [-0.2, 0) is 9.59 Å². The molecule has 0 saturated carbocycles. The lowest BCUT2D eigenvalue weighted by atomic mass is 10.1. The van der Waals surface area contributed by atoms with Gasteiger partial charge < -0.3 is 15.5 Å². The fourth-order valence-corrected chi connectivity index (χ4v) is 1.70. The molecule has 104 valence electrons. The Morgan fingerprint density at radius 2 is 2.05 bits per heavy atom. The van der Waals surface area contributed by atoms with Crippen LogP contribution in [-0.4, -0.2) is 44.3 Å². The molecule has 2 aromatic rings. The molecule has 0 aliphatic heterocycles. The molecule has 1 heterocycles. The summed E-state index contributed by atoms with van der Waals surface area (Å²) >= 11 is 0. The van der Waals surface area contributed by atoms with Crippen LogP contribution in [0.15, 0.2) is 24.4 Å². The number of carbonyl (C=O) groups is 3. The normalized spacial score (nSPS) is 12.0. The van der Waals surface area contributed by atoms with Crippen LogP contribution in [0.2, 0.25) is 0 Å². The molecule has 0 aliphatic rings. The zero-order chi connectivity index (χ0) is 14.7. The van der Waals surface area contributed by atoms with Gasteiger partial charge in [-0.1, -0.05) is 0 Å². The van der Waals surface area contributed by atoms with Crippen LogP contribution < -0.4 is 5.32 Å². The van der Waals surface area contributed by atoms with Gasteiger partial charge in [0, 0.05) is 10.9 Å². The number of amides is 1. The van der Waals surface area contributed by atoms with Crippen molar-refractivity contribution in [3.63, 3.8) is 0 Å². The summed E-state index contributed by atoms with van der Waals surface area (Å²) in [5, 5.41) is 26.9. The third-order valence-corrected chi connectivity index (χ3v) is 2.68. The van der Waals surface area contributed by atoms with Crippen molar-refractivity contribution in [1.29, 1.82) is 0 Å². The lowest BCUT2D eigenvalue weighted by molar-refractivity contribution is -0.145. The van der Waals surface area contributed by atoms with E-state index in [9.17, 15) is 14.4 Å². The number of aromatic amines is 1. The first-order chi connectivity index (χ1) is 9.47. The molecule has 0 spiro atoms. The van der Waals surface area contributed by atoms with E-state index in [0.29, 0.717) is 5.39 Å². The highest BCUT2D eigenvalue weighted by molar-refractivity contribution is 6.00. The van der Waals surface area contributed by atoms with E-state index in [1.807, 2.05) is 0 Å². The fraction of sp³-hybridized carbons (Fsp3) is 0.167. The number of aliphatic carboxylic acids is 2. The summed E-state index contributed by atoms with van der Waals surface area (Å²) in [4.78, 5) is 33.3. The number of hydrogen-bond donors (Lipinski definition) is 4. The van der Waals surface area contributed by atoms with E-state index in [0.717, 1.165) is 5.52 Å². The summed E-state index contributed by atoms with van der Waals surface area (Å²) in [6, 6.07) is 3.19. The lowest BCUT2D eigenvalue weighted by Gasteiger charge is -2.12. The predicted octanol–water partition coefficient (Wildman–Crippen LogP) is 0.221. The van der Waals surface area contributed by atoms with Crippen molar-refractivity contribution in [3.8, 4) is 0 Å². The van der Waals surface area contributed by atoms with E-state index in [1.165, 1.54) is 18.3 Å². The zero-order valence-corrected chi connectivity index (χ0v) is 10.2. The van der Waals surface area contributed by atoms with Gasteiger partial charge >= 0.3 is 11.9 Å². The number of carbonyl (C=O) groups excluding carboxylic acids is 1. The topological polar surface area (TPSA) is 132 Å². The van der Waals surface area contributed by atoms with Gasteiger partial charge in [-0.3, -0.25) is 14.7 Å². The van der Waals surface area contributed by atoms with Crippen LogP contribution in [0.3, 0.4) is 0 Å². The Balaban J connectivity index is 2.17. The molecular weight excluding hydrogens is 266 g/mol. The lowest BCUT2D eigenvalue weighted by Crippen LogP contribution is -2.42. The quantitative estimate of drug-likeness (QED) is 0.618. The second kappa shape index (κ2) is 5.39. The second-order valence-corrected chi connectivity index (χ2v) is 4.13. The van der Waals surface area contributed by atoms with Gasteiger partial charge in [0.1, 0.15) is 6.04 Å². The highest BCUT2D eigenvalue weighted by atomic mass is 16.4. The van der Waals surface area contributed by atoms with Gasteiger partial charge in [0.25, 0.3) is 5.91 Å². The molecule has 0 aliphatic carbocycles. The number of fused-ring (bicyclic) bond motifs is 1. The van der Waals surface area contributed by atoms with Crippen LogP contribution in [0.4, 0.5) is 0 Å². The van der Waals surface area contributed by atoms with Gasteiger partial charge in [0.15, 0.2) is 0 Å². The Kier molecular flexibility index (Phi) is 3.65. The van der Waals surface area contributed by atoms with E-state index in [1.54, 1.807) is 6.07 Å². The highest BCUT2D eigenvalue weighted by Crippen LogP contribution is 2.13. The van der Waals surface area contributed by atoms with Crippen LogP contribution in [0, 0.1) is 0 Å². The summed E-state index contributed by atoms with van der Waals surface area (Å²) < 4.78 is 0. The molecule has 0 unspecified atom stereocenters. The molecule has 0 fully saturated rings. The molecule has 0 radical (unpaired) electrons. The Labute approximate surface area is 112 Å². The summed E-state index contributed by atoms with van der Waals surface area (Å²) in [5.41, 5.74) is 0.970. The van der Waals surface area contributed by atoms with Gasteiger partial charge in [0.2, 0.25) is 0 Å². The number of carboxylic acids is 2. The second-order valence-electron chi connectivity index (χ2n) is 4.13. The maximum absolute atomic E-state index is 11.9. The van der Waals surface area contributed by atoms with Crippen molar-refractivity contribution in [2.45, 2.75) is 12.5 Å². The van der Waals surface area contributed by atoms with E-state index in [2.05, 4.69) is 15.5 Å². The Hall–Kier alpha value is -2.90. The first-order valence-electron chi connectivity index (χ1n) is 5.66. The van der Waals surface area contributed by atoms with Gasteiger partial charge in [-0.25, -0.2) is 4.79 Å². The van der Waals surface area contributed by atoms with E-state index < -0.39 is 30.3 Å². The molecule has 4 N–H and O–H groups in total. The van der Waals surface area contributed by atoms with Crippen LogP contribution in [0.25, 0.3) is 10.9 Å². The van der Waals surface area contributed by atoms with Gasteiger partial charge in [0.05, 0.1) is 18.1 Å². The Bertz CT molecular complexity index is 679. The first-order valence-corrected chi connectivity index (χ1v) is 5.66. The van der Waals surface area contributed by atoms with Crippen molar-refractivity contribution in [1.82, 2.24) is 15.5 Å². The molecule has 20 heavy (non-hydrogen) atoms. The number of rotatable bonds is 5. The van der Waals surface area contributed by atoms with Gasteiger partial charge in [-0.05, 0) is 18.2 Å². The highest BCUT2D eigenvalue weighted by Gasteiger charge is 2.23. The Morgan fingerprint density at radius 3 is 2.70 bits per heavy atom. The monoisotopic (exact) mass is 277 g/mol. The average molecular weight is 277 g/mol. The maximum Gasteiger partial charge on any atom is 0.326 e. The van der Waals surface area contributed by atoms with Gasteiger partial charge in [-0.2, -0.15) is 5.10 Å². The molecule has 8 heteroatoms. The molecular formula is C12H11N3O5. The zero-order valence-electron chi connectivity index (χ0n) is 10.2. The summed E-state index contributed by atoms with van der Waals surface area (Å²) in [7, 11) is 0. The molecule has 1 atom stereocenters. The molecule has 1 aromatic heterocycles. The molecule has 0 saturated heterocycles. The summed E-state index contributed by atoms with van der Waals surface area (Å²) in [5.74, 6) is -3.35. The fourth-order valence-electron chi connectivity index (χ4n) is 1.70. The SMILES string of the molecule is O=C(O)C[C@H](NC(=O)c1ccc2[nH]ncc2c1)C(=O)O. The minimum atomic E-state index is -1.47. The maximum atomic E-state index is 11.9. The molecule has 1 aromatic carbocycles. The first kappa shape index (κ1) is 13.5. The molecule has 0 bridgehead atoms. The predicted molar refractivity (Wildman–Crippen MR) is 67.2 cm³/mol. The largest absolute Gasteiger partial charge is 0.481 e. The minimum Gasteiger partial charge on any atom is -0.481 e. The average Bonchev–Trinajstić information content (AvgIpc) is 2.84. The van der Waals surface area contributed by atoms with E-state index in [-0.39, 0.29) is 5.56 Å². The van der Waals surface area contributed by atoms with Crippen molar-refractivity contribution >= 4 is 28.7 Å². The van der Waals surface area contributed by atoms with Gasteiger partial charge in [-0.15, -0.1) is 0 Å². The Morgan fingerprint density at radius 1 is 1.30 bits per heavy atom. The van der Waals surface area contributed by atoms with E-state index >= 15 is 0 Å². The number of aromatic nitrogens is 2. The minimum absolute atomic E-state index is 0.232. The van der Waals surface area contributed by atoms with Crippen molar-refractivity contribution in [3.05, 3.63) is 30.0 Å². The molecule has 8 nitrogen and oxygen atoms in total. The van der Waals surface area contributed by atoms with Crippen LogP contribution >= 0.6 is 0 Å². The van der Waals surface area contributed by atoms with Crippen molar-refractivity contribution < 1.29 is 24.6 Å². The number of nitrogens with one attached hydrogen (secondary N) is 2. The number of nitrogens with zero attached hydrogens (tertiary/aromatic N) is 1. The van der Waals surface area contributed by atoms with E-state index in [4.69, 9.17) is 10.2 Å².